The third-order valence-corrected chi connectivity index (χ3v) is 3.33. The first-order chi connectivity index (χ1) is 8.58. The number of nitrogens with zero attached hydrogens (tertiary/aromatic N) is 4. The predicted octanol–water partition coefficient (Wildman–Crippen LogP) is 1.27. The van der Waals surface area contributed by atoms with Crippen LogP contribution in [0.2, 0.25) is 0 Å². The van der Waals surface area contributed by atoms with E-state index in [4.69, 9.17) is 0 Å². The van der Waals surface area contributed by atoms with Gasteiger partial charge in [0.05, 0.1) is 0 Å². The van der Waals surface area contributed by atoms with E-state index >= 15 is 0 Å². The summed E-state index contributed by atoms with van der Waals surface area (Å²) in [6, 6.07) is 0. The monoisotopic (exact) mass is 248 g/mol. The fraction of sp³-hybridized carbons (Fsp3) is 0.615. The quantitative estimate of drug-likeness (QED) is 0.791. The molecule has 0 N–H and O–H groups in total. The zero-order valence-corrected chi connectivity index (χ0v) is 11.3. The largest absolute Gasteiger partial charge is 0.339 e. The minimum absolute atomic E-state index is 0.144. The van der Waals surface area contributed by atoms with Crippen molar-refractivity contribution in [2.45, 2.75) is 26.7 Å². The molecule has 98 valence electrons. The lowest BCUT2D eigenvalue weighted by Crippen LogP contribution is -2.48. The zero-order valence-electron chi connectivity index (χ0n) is 11.3. The topological polar surface area (TPSA) is 49.3 Å². The van der Waals surface area contributed by atoms with Crippen LogP contribution in [0.1, 0.15) is 32.3 Å². The second-order valence-electron chi connectivity index (χ2n) is 4.96. The maximum Gasteiger partial charge on any atom is 0.225 e. The van der Waals surface area contributed by atoms with Crippen molar-refractivity contribution in [3.8, 4) is 0 Å². The molecule has 1 amide bonds. The van der Waals surface area contributed by atoms with Crippen molar-refractivity contribution < 1.29 is 4.79 Å². The van der Waals surface area contributed by atoms with E-state index in [9.17, 15) is 4.79 Å². The third-order valence-electron chi connectivity index (χ3n) is 3.33. The molecule has 1 saturated heterocycles. The minimum atomic E-state index is 0.144. The molecule has 0 radical (unpaired) electrons. The summed E-state index contributed by atoms with van der Waals surface area (Å²) in [4.78, 5) is 24.0. The second kappa shape index (κ2) is 5.33. The Labute approximate surface area is 108 Å². The highest BCUT2D eigenvalue weighted by atomic mass is 16.2. The number of rotatable bonds is 2. The zero-order chi connectivity index (χ0) is 13.1. The van der Waals surface area contributed by atoms with E-state index in [0.717, 1.165) is 37.7 Å². The number of carbonyl (C=O) groups is 1. The molecule has 0 saturated carbocycles. The van der Waals surface area contributed by atoms with Crippen molar-refractivity contribution >= 4 is 11.9 Å². The molecular formula is C13H20N4O. The van der Waals surface area contributed by atoms with Crippen molar-refractivity contribution in [2.24, 2.45) is 0 Å². The summed E-state index contributed by atoms with van der Waals surface area (Å²) in [6.07, 6.45) is 3.79. The van der Waals surface area contributed by atoms with Gasteiger partial charge >= 0.3 is 0 Å². The SMILES string of the molecule is CC(=O)N1CCN(c2ncc(C(C)C)cn2)CC1. The van der Waals surface area contributed by atoms with Gasteiger partial charge in [-0.05, 0) is 11.5 Å². The van der Waals surface area contributed by atoms with Crippen LogP contribution in [0.3, 0.4) is 0 Å². The van der Waals surface area contributed by atoms with Crippen LogP contribution in [0, 0.1) is 0 Å². The van der Waals surface area contributed by atoms with Gasteiger partial charge in [-0.15, -0.1) is 0 Å². The molecule has 0 aromatic carbocycles. The third kappa shape index (κ3) is 2.78. The summed E-state index contributed by atoms with van der Waals surface area (Å²) in [5.74, 6) is 1.36. The molecule has 5 heteroatoms. The standard InChI is InChI=1S/C13H20N4O/c1-10(2)12-8-14-13(15-9-12)17-6-4-16(5-7-17)11(3)18/h8-10H,4-7H2,1-3H3. The molecule has 18 heavy (non-hydrogen) atoms. The van der Waals surface area contributed by atoms with Crippen molar-refractivity contribution in [3.05, 3.63) is 18.0 Å². The minimum Gasteiger partial charge on any atom is -0.339 e. The normalized spacial score (nSPS) is 16.2. The highest BCUT2D eigenvalue weighted by molar-refractivity contribution is 5.73. The highest BCUT2D eigenvalue weighted by Crippen LogP contribution is 2.15. The molecule has 1 aliphatic heterocycles. The lowest BCUT2D eigenvalue weighted by Gasteiger charge is -2.34. The van der Waals surface area contributed by atoms with Gasteiger partial charge in [0, 0.05) is 45.5 Å². The molecular weight excluding hydrogens is 228 g/mol. The van der Waals surface area contributed by atoms with E-state index in [1.54, 1.807) is 6.92 Å². The van der Waals surface area contributed by atoms with Gasteiger partial charge in [0.2, 0.25) is 11.9 Å². The lowest BCUT2D eigenvalue weighted by molar-refractivity contribution is -0.129. The van der Waals surface area contributed by atoms with Crippen molar-refractivity contribution in [1.82, 2.24) is 14.9 Å². The van der Waals surface area contributed by atoms with Crippen LogP contribution in [-0.2, 0) is 4.79 Å². The van der Waals surface area contributed by atoms with E-state index in [0.29, 0.717) is 5.92 Å². The molecule has 0 spiro atoms. The van der Waals surface area contributed by atoms with Crippen LogP contribution >= 0.6 is 0 Å². The van der Waals surface area contributed by atoms with Gasteiger partial charge in [0.25, 0.3) is 0 Å². The number of hydrogen-bond donors (Lipinski definition) is 0. The maximum atomic E-state index is 11.2. The predicted molar refractivity (Wildman–Crippen MR) is 70.6 cm³/mol. The van der Waals surface area contributed by atoms with Gasteiger partial charge in [0.1, 0.15) is 0 Å². The molecule has 1 fully saturated rings. The highest BCUT2D eigenvalue weighted by Gasteiger charge is 2.20. The number of amides is 1. The number of anilines is 1. The van der Waals surface area contributed by atoms with Crippen LogP contribution in [0.4, 0.5) is 5.95 Å². The Balaban J connectivity index is 1.99. The van der Waals surface area contributed by atoms with Gasteiger partial charge < -0.3 is 9.80 Å². The van der Waals surface area contributed by atoms with E-state index < -0.39 is 0 Å². The van der Waals surface area contributed by atoms with Crippen LogP contribution in [-0.4, -0.2) is 47.0 Å². The molecule has 0 unspecified atom stereocenters. The molecule has 0 atom stereocenters. The Morgan fingerprint density at radius 1 is 1.17 bits per heavy atom. The smallest absolute Gasteiger partial charge is 0.225 e. The number of hydrogen-bond acceptors (Lipinski definition) is 4. The van der Waals surface area contributed by atoms with E-state index in [1.807, 2.05) is 17.3 Å². The van der Waals surface area contributed by atoms with Gasteiger partial charge in [-0.3, -0.25) is 4.79 Å². The molecule has 0 bridgehead atoms. The van der Waals surface area contributed by atoms with Gasteiger partial charge in [0.15, 0.2) is 0 Å². The first kappa shape index (κ1) is 12.8. The average molecular weight is 248 g/mol. The first-order valence-electron chi connectivity index (χ1n) is 6.40. The van der Waals surface area contributed by atoms with Crippen LogP contribution in [0.15, 0.2) is 12.4 Å². The molecule has 1 aromatic rings. The maximum absolute atomic E-state index is 11.2. The number of carbonyl (C=O) groups excluding carboxylic acids is 1. The summed E-state index contributed by atoms with van der Waals surface area (Å²) in [6.45, 7) is 8.99. The molecule has 0 aliphatic carbocycles. The summed E-state index contributed by atoms with van der Waals surface area (Å²) >= 11 is 0. The molecule has 2 heterocycles. The first-order valence-corrected chi connectivity index (χ1v) is 6.40. The van der Waals surface area contributed by atoms with E-state index in [1.165, 1.54) is 0 Å². The lowest BCUT2D eigenvalue weighted by atomic mass is 10.1. The second-order valence-corrected chi connectivity index (χ2v) is 4.96. The van der Waals surface area contributed by atoms with E-state index in [2.05, 4.69) is 28.7 Å². The molecule has 1 aliphatic rings. The Morgan fingerprint density at radius 2 is 1.72 bits per heavy atom. The Bertz CT molecular complexity index is 408. The summed E-state index contributed by atoms with van der Waals surface area (Å²) in [5.41, 5.74) is 1.15. The van der Waals surface area contributed by atoms with Crippen molar-refractivity contribution in [1.29, 1.82) is 0 Å². The number of piperazine rings is 1. The summed E-state index contributed by atoms with van der Waals surface area (Å²) < 4.78 is 0. The van der Waals surface area contributed by atoms with Crippen LogP contribution in [0.25, 0.3) is 0 Å². The van der Waals surface area contributed by atoms with Gasteiger partial charge in [-0.1, -0.05) is 13.8 Å². The van der Waals surface area contributed by atoms with Gasteiger partial charge in [-0.2, -0.15) is 0 Å². The Kier molecular flexibility index (Phi) is 3.79. The van der Waals surface area contributed by atoms with Crippen molar-refractivity contribution in [2.75, 3.05) is 31.1 Å². The number of aromatic nitrogens is 2. The Hall–Kier alpha value is -1.65. The molecule has 1 aromatic heterocycles. The summed E-state index contributed by atoms with van der Waals surface area (Å²) in [5, 5.41) is 0. The molecule has 2 rings (SSSR count). The fourth-order valence-electron chi connectivity index (χ4n) is 2.01. The van der Waals surface area contributed by atoms with E-state index in [-0.39, 0.29) is 5.91 Å². The van der Waals surface area contributed by atoms with Crippen LogP contribution < -0.4 is 4.90 Å². The Morgan fingerprint density at radius 3 is 2.17 bits per heavy atom. The average Bonchev–Trinajstić information content (AvgIpc) is 2.39. The molecule has 5 nitrogen and oxygen atoms in total. The summed E-state index contributed by atoms with van der Waals surface area (Å²) in [7, 11) is 0. The fourth-order valence-corrected chi connectivity index (χ4v) is 2.01. The van der Waals surface area contributed by atoms with Gasteiger partial charge in [-0.25, -0.2) is 9.97 Å². The van der Waals surface area contributed by atoms with Crippen molar-refractivity contribution in [3.63, 3.8) is 0 Å². The van der Waals surface area contributed by atoms with Crippen LogP contribution in [0.5, 0.6) is 0 Å².